The Bertz CT molecular complexity index is 2850. The molecule has 5 heteroatoms. The Kier molecular flexibility index (Phi) is 6.69. The molecule has 0 atom stereocenters. The van der Waals surface area contributed by atoms with E-state index in [1.807, 2.05) is 60.7 Å². The van der Waals surface area contributed by atoms with Crippen molar-refractivity contribution < 1.29 is 0 Å². The second kappa shape index (κ2) is 11.4. The van der Waals surface area contributed by atoms with Gasteiger partial charge in [-0.2, -0.15) is 10.5 Å². The van der Waals surface area contributed by atoms with Crippen molar-refractivity contribution in [2.45, 2.75) is 0 Å². The van der Waals surface area contributed by atoms with Crippen molar-refractivity contribution in [3.8, 4) is 45.8 Å². The first-order valence-electron chi connectivity index (χ1n) is 16.0. The molecule has 9 aromatic rings. The number of para-hydroxylation sites is 2. The predicted molar refractivity (Wildman–Crippen MR) is 203 cm³/mol. The molecule has 0 amide bonds. The van der Waals surface area contributed by atoms with Gasteiger partial charge in [0.1, 0.15) is 12.1 Å². The summed E-state index contributed by atoms with van der Waals surface area (Å²) in [6.07, 6.45) is 0. The van der Waals surface area contributed by atoms with Gasteiger partial charge in [-0.05, 0) is 80.6 Å². The lowest BCUT2D eigenvalue weighted by Crippen LogP contribution is -2.09. The van der Waals surface area contributed by atoms with Crippen LogP contribution in [0.5, 0.6) is 0 Å². The van der Waals surface area contributed by atoms with Gasteiger partial charge in [0.05, 0.1) is 44.6 Å². The van der Waals surface area contributed by atoms with Crippen molar-refractivity contribution >= 4 is 59.5 Å². The summed E-state index contributed by atoms with van der Waals surface area (Å²) in [5.41, 5.74) is 10.5. The van der Waals surface area contributed by atoms with E-state index in [0.717, 1.165) is 65.9 Å². The number of nitrogens with zero attached hydrogens (tertiary/aromatic N) is 4. The molecule has 0 saturated heterocycles. The highest BCUT2D eigenvalue weighted by atomic mass is 79.9. The molecule has 0 unspecified atom stereocenters. The topological polar surface area (TPSA) is 57.4 Å². The van der Waals surface area contributed by atoms with Crippen LogP contribution in [0, 0.1) is 22.7 Å². The first kappa shape index (κ1) is 28.8. The van der Waals surface area contributed by atoms with Crippen LogP contribution in [-0.2, 0) is 0 Å². The van der Waals surface area contributed by atoms with Crippen molar-refractivity contribution in [2.75, 3.05) is 0 Å². The lowest BCUT2D eigenvalue weighted by molar-refractivity contribution is 1.08. The molecule has 4 nitrogen and oxygen atoms in total. The molecule has 0 bridgehead atoms. The van der Waals surface area contributed by atoms with Crippen LogP contribution in [-0.4, -0.2) is 9.13 Å². The standard InChI is InChI=1S/C44H25BrN4/c45-38-25-32(26-46)43(48-39-17-9-7-15-33(39)35-23-30(19-21-41(35)48)28-11-3-1-4-12-28)44(37(38)27-47)49-40-18-10-8-16-34(40)36-24-31(20-22-42(36)49)29-13-5-2-6-14-29/h1-25H. The van der Waals surface area contributed by atoms with E-state index in [-0.39, 0.29) is 0 Å². The van der Waals surface area contributed by atoms with Gasteiger partial charge < -0.3 is 9.13 Å². The van der Waals surface area contributed by atoms with E-state index in [0.29, 0.717) is 27.0 Å². The maximum absolute atomic E-state index is 10.8. The zero-order chi connectivity index (χ0) is 33.1. The average Bonchev–Trinajstić information content (AvgIpc) is 3.67. The molecular weight excluding hydrogens is 664 g/mol. The minimum atomic E-state index is 0.454. The van der Waals surface area contributed by atoms with Gasteiger partial charge in [-0.25, -0.2) is 0 Å². The largest absolute Gasteiger partial charge is 0.306 e. The molecular formula is C44H25BrN4. The lowest BCUT2D eigenvalue weighted by Gasteiger charge is -2.20. The third kappa shape index (κ3) is 4.41. The van der Waals surface area contributed by atoms with Gasteiger partial charge in [-0.15, -0.1) is 0 Å². The summed E-state index contributed by atoms with van der Waals surface area (Å²) in [5.74, 6) is 0. The molecule has 0 aliphatic carbocycles. The minimum Gasteiger partial charge on any atom is -0.306 e. The van der Waals surface area contributed by atoms with Gasteiger partial charge in [0.2, 0.25) is 0 Å². The SMILES string of the molecule is N#Cc1cc(Br)c(C#N)c(-n2c3ccccc3c3cc(-c4ccccc4)ccc32)c1-n1c2ccccc2c2cc(-c3ccccc3)ccc21. The van der Waals surface area contributed by atoms with Gasteiger partial charge in [-0.3, -0.25) is 0 Å². The number of hydrogen-bond donors (Lipinski definition) is 0. The van der Waals surface area contributed by atoms with Crippen LogP contribution < -0.4 is 0 Å². The summed E-state index contributed by atoms with van der Waals surface area (Å²) in [7, 11) is 0. The Morgan fingerprint density at radius 3 is 1.35 bits per heavy atom. The van der Waals surface area contributed by atoms with E-state index < -0.39 is 0 Å². The quantitative estimate of drug-likeness (QED) is 0.185. The summed E-state index contributed by atoms with van der Waals surface area (Å²) in [4.78, 5) is 0. The van der Waals surface area contributed by atoms with Crippen LogP contribution in [0.4, 0.5) is 0 Å². The smallest absolute Gasteiger partial charge is 0.103 e. The highest BCUT2D eigenvalue weighted by molar-refractivity contribution is 9.10. The third-order valence-corrected chi connectivity index (χ3v) is 10.1. The molecule has 0 aliphatic heterocycles. The fourth-order valence-electron chi connectivity index (χ4n) is 7.31. The Balaban J connectivity index is 1.43. The van der Waals surface area contributed by atoms with Crippen LogP contribution in [0.3, 0.4) is 0 Å². The highest BCUT2D eigenvalue weighted by Crippen LogP contribution is 2.43. The van der Waals surface area contributed by atoms with E-state index in [1.165, 1.54) is 0 Å². The van der Waals surface area contributed by atoms with Crippen LogP contribution in [0.25, 0.3) is 77.2 Å². The Morgan fingerprint density at radius 2 is 0.857 bits per heavy atom. The second-order valence-electron chi connectivity index (χ2n) is 12.1. The summed E-state index contributed by atoms with van der Waals surface area (Å²) in [6.45, 7) is 0. The van der Waals surface area contributed by atoms with Crippen molar-refractivity contribution in [2.24, 2.45) is 0 Å². The minimum absolute atomic E-state index is 0.454. The molecule has 0 saturated carbocycles. The third-order valence-electron chi connectivity index (χ3n) is 9.46. The number of fused-ring (bicyclic) bond motifs is 6. The molecule has 0 radical (unpaired) electrons. The molecule has 0 fully saturated rings. The van der Waals surface area contributed by atoms with Crippen molar-refractivity contribution in [3.63, 3.8) is 0 Å². The molecule has 228 valence electrons. The van der Waals surface area contributed by atoms with Crippen molar-refractivity contribution in [1.82, 2.24) is 9.13 Å². The number of nitriles is 2. The Labute approximate surface area is 291 Å². The lowest BCUT2D eigenvalue weighted by atomic mass is 10.0. The normalized spacial score (nSPS) is 11.3. The van der Waals surface area contributed by atoms with Gasteiger partial charge in [0, 0.05) is 26.0 Å². The Morgan fingerprint density at radius 1 is 0.408 bits per heavy atom. The van der Waals surface area contributed by atoms with Gasteiger partial charge in [0.25, 0.3) is 0 Å². The monoisotopic (exact) mass is 688 g/mol. The molecule has 0 aliphatic rings. The summed E-state index contributed by atoms with van der Waals surface area (Å²) in [6, 6.07) is 57.1. The molecule has 2 aromatic heterocycles. The molecule has 0 spiro atoms. The molecule has 7 aromatic carbocycles. The Hall–Kier alpha value is -6.40. The fourth-order valence-corrected chi connectivity index (χ4v) is 7.82. The number of hydrogen-bond acceptors (Lipinski definition) is 2. The molecule has 9 rings (SSSR count). The summed E-state index contributed by atoms with van der Waals surface area (Å²) in [5, 5.41) is 25.9. The van der Waals surface area contributed by atoms with E-state index in [2.05, 4.69) is 122 Å². The van der Waals surface area contributed by atoms with Crippen LogP contribution in [0.15, 0.2) is 156 Å². The summed E-state index contributed by atoms with van der Waals surface area (Å²) >= 11 is 3.69. The number of aromatic nitrogens is 2. The highest BCUT2D eigenvalue weighted by Gasteiger charge is 2.26. The van der Waals surface area contributed by atoms with Crippen molar-refractivity contribution in [1.29, 1.82) is 10.5 Å². The first-order chi connectivity index (χ1) is 24.2. The van der Waals surface area contributed by atoms with Crippen LogP contribution >= 0.6 is 15.9 Å². The van der Waals surface area contributed by atoms with Gasteiger partial charge >= 0.3 is 0 Å². The first-order valence-corrected chi connectivity index (χ1v) is 16.8. The molecule has 0 N–H and O–H groups in total. The summed E-state index contributed by atoms with van der Waals surface area (Å²) < 4.78 is 4.90. The maximum Gasteiger partial charge on any atom is 0.103 e. The number of halogens is 1. The van der Waals surface area contributed by atoms with Crippen LogP contribution in [0.2, 0.25) is 0 Å². The number of benzene rings is 7. The van der Waals surface area contributed by atoms with Crippen molar-refractivity contribution in [3.05, 3.63) is 167 Å². The van der Waals surface area contributed by atoms with E-state index in [4.69, 9.17) is 0 Å². The van der Waals surface area contributed by atoms with E-state index >= 15 is 0 Å². The van der Waals surface area contributed by atoms with E-state index in [9.17, 15) is 10.5 Å². The second-order valence-corrected chi connectivity index (χ2v) is 13.0. The van der Waals surface area contributed by atoms with E-state index in [1.54, 1.807) is 6.07 Å². The average molecular weight is 690 g/mol. The molecule has 49 heavy (non-hydrogen) atoms. The molecule has 2 heterocycles. The predicted octanol–water partition coefficient (Wildman–Crippen LogP) is 11.7. The van der Waals surface area contributed by atoms with Gasteiger partial charge in [-0.1, -0.05) is 109 Å². The zero-order valence-electron chi connectivity index (χ0n) is 26.1. The van der Waals surface area contributed by atoms with Gasteiger partial charge in [0.15, 0.2) is 0 Å². The number of rotatable bonds is 4. The maximum atomic E-state index is 10.8. The van der Waals surface area contributed by atoms with Crippen LogP contribution in [0.1, 0.15) is 11.1 Å². The zero-order valence-corrected chi connectivity index (χ0v) is 27.7. The fraction of sp³-hybridized carbons (Fsp3) is 0.